The van der Waals surface area contributed by atoms with E-state index in [1.54, 1.807) is 17.7 Å². The van der Waals surface area contributed by atoms with Crippen LogP contribution in [0.5, 0.6) is 5.88 Å². The molecule has 2 fully saturated rings. The van der Waals surface area contributed by atoms with Gasteiger partial charge >= 0.3 is 0 Å². The molecule has 5 rings (SSSR count). The van der Waals surface area contributed by atoms with E-state index in [4.69, 9.17) is 4.74 Å². The molecule has 26 heavy (non-hydrogen) atoms. The van der Waals surface area contributed by atoms with Crippen LogP contribution in [0.3, 0.4) is 0 Å². The molecule has 0 bridgehead atoms. The quantitative estimate of drug-likeness (QED) is 0.686. The number of hydrogen-bond donors (Lipinski definition) is 0. The molecular weight excluding hydrogens is 346 g/mol. The van der Waals surface area contributed by atoms with Crippen LogP contribution in [0, 0.1) is 5.92 Å². The summed E-state index contributed by atoms with van der Waals surface area (Å²) in [4.78, 5) is 11.2. The first-order valence-corrected chi connectivity index (χ1v) is 10.1. The molecule has 3 aromatic heterocycles. The van der Waals surface area contributed by atoms with Crippen LogP contribution in [0.2, 0.25) is 0 Å². The number of nitrogens with zero attached hydrogens (tertiary/aromatic N) is 5. The fourth-order valence-electron chi connectivity index (χ4n) is 3.52. The Bertz CT molecular complexity index is 884. The number of ether oxygens (including phenoxy) is 1. The van der Waals surface area contributed by atoms with Gasteiger partial charge < -0.3 is 9.64 Å². The molecular formula is C19H21N5OS. The van der Waals surface area contributed by atoms with Crippen molar-refractivity contribution in [3.8, 4) is 5.88 Å². The highest BCUT2D eigenvalue weighted by atomic mass is 32.1. The van der Waals surface area contributed by atoms with E-state index in [0.29, 0.717) is 24.3 Å². The van der Waals surface area contributed by atoms with E-state index in [-0.39, 0.29) is 0 Å². The maximum Gasteiger partial charge on any atom is 0.233 e. The number of aromatic nitrogens is 4. The van der Waals surface area contributed by atoms with Crippen LogP contribution in [-0.4, -0.2) is 39.9 Å². The third kappa shape index (κ3) is 3.23. The van der Waals surface area contributed by atoms with Crippen molar-refractivity contribution in [2.75, 3.05) is 24.6 Å². The molecule has 0 N–H and O–H groups in total. The van der Waals surface area contributed by atoms with Crippen molar-refractivity contribution in [1.29, 1.82) is 0 Å². The van der Waals surface area contributed by atoms with E-state index in [0.717, 1.165) is 43.0 Å². The van der Waals surface area contributed by atoms with Gasteiger partial charge in [-0.15, -0.1) is 16.4 Å². The van der Waals surface area contributed by atoms with E-state index < -0.39 is 0 Å². The molecule has 0 radical (unpaired) electrons. The summed E-state index contributed by atoms with van der Waals surface area (Å²) in [6.45, 7) is 2.72. The van der Waals surface area contributed by atoms with Crippen LogP contribution >= 0.6 is 11.3 Å². The summed E-state index contributed by atoms with van der Waals surface area (Å²) in [6.07, 6.45) is 6.37. The lowest BCUT2D eigenvalue weighted by molar-refractivity contribution is 0.214. The highest BCUT2D eigenvalue weighted by Crippen LogP contribution is 2.38. The fourth-order valence-corrected chi connectivity index (χ4v) is 4.38. The van der Waals surface area contributed by atoms with Crippen molar-refractivity contribution in [1.82, 2.24) is 20.2 Å². The number of anilines is 1. The summed E-state index contributed by atoms with van der Waals surface area (Å²) in [7, 11) is 0. The zero-order valence-corrected chi connectivity index (χ0v) is 15.4. The van der Waals surface area contributed by atoms with Crippen molar-refractivity contribution in [2.45, 2.75) is 31.6 Å². The third-order valence-corrected chi connectivity index (χ3v) is 6.16. The normalized spacial score (nSPS) is 18.4. The maximum absolute atomic E-state index is 5.88. The first-order valence-electron chi connectivity index (χ1n) is 9.26. The molecule has 134 valence electrons. The molecule has 0 unspecified atom stereocenters. The molecule has 0 amide bonds. The van der Waals surface area contributed by atoms with Gasteiger partial charge in [-0.1, -0.05) is 0 Å². The second kappa shape index (κ2) is 6.79. The zero-order chi connectivity index (χ0) is 17.3. The van der Waals surface area contributed by atoms with Gasteiger partial charge in [0.2, 0.25) is 5.88 Å². The molecule has 1 aliphatic heterocycles. The van der Waals surface area contributed by atoms with Crippen LogP contribution in [0.25, 0.3) is 10.2 Å². The van der Waals surface area contributed by atoms with Crippen molar-refractivity contribution < 1.29 is 4.74 Å². The molecule has 0 aromatic carbocycles. The molecule has 3 aromatic rings. The van der Waals surface area contributed by atoms with Gasteiger partial charge in [-0.3, -0.25) is 0 Å². The van der Waals surface area contributed by atoms with E-state index in [2.05, 4.69) is 42.6 Å². The second-order valence-corrected chi connectivity index (χ2v) is 8.06. The molecule has 1 saturated carbocycles. The van der Waals surface area contributed by atoms with Gasteiger partial charge in [0, 0.05) is 25.1 Å². The van der Waals surface area contributed by atoms with Crippen molar-refractivity contribution in [2.24, 2.45) is 5.92 Å². The number of rotatable bonds is 5. The lowest BCUT2D eigenvalue weighted by Gasteiger charge is -2.32. The first kappa shape index (κ1) is 15.9. The van der Waals surface area contributed by atoms with Gasteiger partial charge in [0.15, 0.2) is 0 Å². The summed E-state index contributed by atoms with van der Waals surface area (Å²) in [6, 6.07) is 6.08. The Hall–Kier alpha value is -2.28. The Morgan fingerprint density at radius 2 is 1.92 bits per heavy atom. The Morgan fingerprint density at radius 3 is 2.69 bits per heavy atom. The largest absolute Gasteiger partial charge is 0.476 e. The SMILES string of the molecule is c1nc(N2CCC(COc3ccc(C4CC4)nn3)CC2)c2sccc2n1. The first-order chi connectivity index (χ1) is 12.9. The van der Waals surface area contributed by atoms with Crippen LogP contribution in [-0.2, 0) is 0 Å². The summed E-state index contributed by atoms with van der Waals surface area (Å²) < 4.78 is 7.07. The van der Waals surface area contributed by atoms with Crippen LogP contribution < -0.4 is 9.64 Å². The molecule has 4 heterocycles. The molecule has 6 nitrogen and oxygen atoms in total. The Kier molecular flexibility index (Phi) is 4.16. The van der Waals surface area contributed by atoms with E-state index in [1.807, 2.05) is 6.07 Å². The Morgan fingerprint density at radius 1 is 1.04 bits per heavy atom. The van der Waals surface area contributed by atoms with Crippen LogP contribution in [0.4, 0.5) is 5.82 Å². The number of thiophene rings is 1. The summed E-state index contributed by atoms with van der Waals surface area (Å²) in [5.41, 5.74) is 2.15. The number of piperidine rings is 1. The topological polar surface area (TPSA) is 64.0 Å². The van der Waals surface area contributed by atoms with E-state index in [1.165, 1.54) is 17.5 Å². The van der Waals surface area contributed by atoms with Crippen molar-refractivity contribution in [3.63, 3.8) is 0 Å². The average Bonchev–Trinajstić information content (AvgIpc) is 3.43. The monoisotopic (exact) mass is 367 g/mol. The molecule has 1 aliphatic carbocycles. The van der Waals surface area contributed by atoms with Gasteiger partial charge in [-0.2, -0.15) is 5.10 Å². The lowest BCUT2D eigenvalue weighted by atomic mass is 9.98. The van der Waals surface area contributed by atoms with Gasteiger partial charge in [0.05, 0.1) is 22.5 Å². The van der Waals surface area contributed by atoms with Gasteiger partial charge in [-0.05, 0) is 49.1 Å². The lowest BCUT2D eigenvalue weighted by Crippen LogP contribution is -2.36. The Labute approximate surface area is 156 Å². The second-order valence-electron chi connectivity index (χ2n) is 7.14. The minimum Gasteiger partial charge on any atom is -0.476 e. The van der Waals surface area contributed by atoms with Gasteiger partial charge in [0.25, 0.3) is 0 Å². The summed E-state index contributed by atoms with van der Waals surface area (Å²) >= 11 is 1.72. The highest BCUT2D eigenvalue weighted by molar-refractivity contribution is 7.17. The summed E-state index contributed by atoms with van der Waals surface area (Å²) in [5.74, 6) is 2.91. The number of hydrogen-bond acceptors (Lipinski definition) is 7. The average molecular weight is 367 g/mol. The minimum absolute atomic E-state index is 0.553. The smallest absolute Gasteiger partial charge is 0.233 e. The van der Waals surface area contributed by atoms with E-state index >= 15 is 0 Å². The predicted octanol–water partition coefficient (Wildman–Crippen LogP) is 3.65. The van der Waals surface area contributed by atoms with Gasteiger partial charge in [0.1, 0.15) is 12.1 Å². The standard InChI is InChI=1S/C19H21N5OS/c1-2-14(1)15-3-4-17(23-22-15)25-11-13-5-8-24(9-6-13)19-18-16(7-10-26-18)20-12-21-19/h3-4,7,10,12-14H,1-2,5-6,8-9,11H2. The number of fused-ring (bicyclic) bond motifs is 1. The molecule has 2 aliphatic rings. The Balaban J connectivity index is 1.16. The van der Waals surface area contributed by atoms with Crippen molar-refractivity contribution >= 4 is 27.4 Å². The maximum atomic E-state index is 5.88. The van der Waals surface area contributed by atoms with Crippen LogP contribution in [0.15, 0.2) is 29.9 Å². The summed E-state index contributed by atoms with van der Waals surface area (Å²) in [5, 5.41) is 10.6. The fraction of sp³-hybridized carbons (Fsp3) is 0.474. The van der Waals surface area contributed by atoms with E-state index in [9.17, 15) is 0 Å². The molecule has 1 saturated heterocycles. The third-order valence-electron chi connectivity index (χ3n) is 5.26. The van der Waals surface area contributed by atoms with Crippen molar-refractivity contribution in [3.05, 3.63) is 35.6 Å². The van der Waals surface area contributed by atoms with Gasteiger partial charge in [-0.25, -0.2) is 9.97 Å². The zero-order valence-electron chi connectivity index (χ0n) is 14.5. The predicted molar refractivity (Wildman–Crippen MR) is 102 cm³/mol. The molecule has 7 heteroatoms. The molecule has 0 spiro atoms. The highest BCUT2D eigenvalue weighted by Gasteiger charge is 2.26. The minimum atomic E-state index is 0.553. The molecule has 0 atom stereocenters. The van der Waals surface area contributed by atoms with Crippen LogP contribution in [0.1, 0.15) is 37.3 Å².